The lowest BCUT2D eigenvalue weighted by atomic mass is 9.94. The minimum absolute atomic E-state index is 0.0291. The summed E-state index contributed by atoms with van der Waals surface area (Å²) in [5.74, 6) is -1.50. The first kappa shape index (κ1) is 29.7. The molecule has 216 valence electrons. The van der Waals surface area contributed by atoms with Gasteiger partial charge in [-0.3, -0.25) is 18.7 Å². The molecule has 1 fully saturated rings. The van der Waals surface area contributed by atoms with Crippen molar-refractivity contribution in [3.8, 4) is 6.07 Å². The number of rotatable bonds is 6. The summed E-state index contributed by atoms with van der Waals surface area (Å²) in [6.45, 7) is 9.43. The Morgan fingerprint density at radius 2 is 1.76 bits per heavy atom. The van der Waals surface area contributed by atoms with E-state index in [4.69, 9.17) is 10.5 Å². The van der Waals surface area contributed by atoms with Crippen molar-refractivity contribution < 1.29 is 13.9 Å². The van der Waals surface area contributed by atoms with E-state index < -0.39 is 40.7 Å². The van der Waals surface area contributed by atoms with Gasteiger partial charge < -0.3 is 15.4 Å². The van der Waals surface area contributed by atoms with E-state index in [2.05, 4.69) is 0 Å². The Kier molecular flexibility index (Phi) is 8.50. The van der Waals surface area contributed by atoms with Crippen LogP contribution < -0.4 is 21.9 Å². The van der Waals surface area contributed by atoms with Crippen LogP contribution in [0.3, 0.4) is 0 Å². The lowest BCUT2D eigenvalue weighted by Gasteiger charge is -2.40. The molecular formula is C31H36FN5O4. The Morgan fingerprint density at radius 1 is 1.07 bits per heavy atom. The highest BCUT2D eigenvalue weighted by Gasteiger charge is 2.38. The molecule has 1 aliphatic rings. The zero-order valence-corrected chi connectivity index (χ0v) is 24.1. The Morgan fingerprint density at radius 3 is 2.39 bits per heavy atom. The first-order valence-corrected chi connectivity index (χ1v) is 13.6. The van der Waals surface area contributed by atoms with Crippen molar-refractivity contribution >= 4 is 11.8 Å². The molecule has 4 rings (SSSR count). The van der Waals surface area contributed by atoms with Crippen molar-refractivity contribution in [2.75, 3.05) is 11.4 Å². The molecule has 3 aromatic rings. The number of benzene rings is 2. The molecule has 0 radical (unpaired) electrons. The number of hydrogen-bond acceptors (Lipinski definition) is 7. The Labute approximate surface area is 238 Å². The van der Waals surface area contributed by atoms with Crippen molar-refractivity contribution in [1.29, 1.82) is 5.26 Å². The Hall–Kier alpha value is -4.23. The van der Waals surface area contributed by atoms with Gasteiger partial charge in [-0.25, -0.2) is 9.18 Å². The number of aryl methyl sites for hydroxylation is 2. The Balaban J connectivity index is 1.85. The predicted octanol–water partition coefficient (Wildman–Crippen LogP) is 3.58. The van der Waals surface area contributed by atoms with Gasteiger partial charge in [0.1, 0.15) is 17.2 Å². The van der Waals surface area contributed by atoms with Gasteiger partial charge in [0.15, 0.2) is 0 Å². The number of halogens is 1. The molecule has 1 aliphatic heterocycles. The lowest BCUT2D eigenvalue weighted by Crippen LogP contribution is -2.56. The third-order valence-electron chi connectivity index (χ3n) is 7.09. The third kappa shape index (κ3) is 6.74. The maximum Gasteiger partial charge on any atom is 0.333 e. The molecule has 0 saturated carbocycles. The molecule has 2 heterocycles. The van der Waals surface area contributed by atoms with Gasteiger partial charge in [-0.2, -0.15) is 5.26 Å². The molecule has 9 nitrogen and oxygen atoms in total. The van der Waals surface area contributed by atoms with Crippen LogP contribution in [0.5, 0.6) is 0 Å². The molecule has 2 N–H and O–H groups in total. The highest BCUT2D eigenvalue weighted by atomic mass is 19.1. The number of nitrogens with zero attached hydrogens (tertiary/aromatic N) is 4. The van der Waals surface area contributed by atoms with E-state index in [1.807, 2.05) is 38.1 Å². The third-order valence-corrected chi connectivity index (χ3v) is 7.09. The largest absolute Gasteiger partial charge is 0.460 e. The topological polar surface area (TPSA) is 123 Å². The summed E-state index contributed by atoms with van der Waals surface area (Å²) < 4.78 is 22.3. The van der Waals surface area contributed by atoms with Gasteiger partial charge in [0.2, 0.25) is 0 Å². The van der Waals surface area contributed by atoms with E-state index in [0.717, 1.165) is 21.3 Å². The summed E-state index contributed by atoms with van der Waals surface area (Å²) in [6, 6.07) is 12.9. The molecule has 0 spiro atoms. The van der Waals surface area contributed by atoms with Crippen molar-refractivity contribution in [1.82, 2.24) is 9.13 Å². The molecule has 2 atom stereocenters. The summed E-state index contributed by atoms with van der Waals surface area (Å²) in [6.07, 6.45) is 0.186. The van der Waals surface area contributed by atoms with E-state index >= 15 is 0 Å². The van der Waals surface area contributed by atoms with E-state index in [1.54, 1.807) is 25.7 Å². The number of nitriles is 1. The van der Waals surface area contributed by atoms with Crippen molar-refractivity contribution in [2.45, 2.75) is 72.3 Å². The summed E-state index contributed by atoms with van der Waals surface area (Å²) >= 11 is 0. The first-order chi connectivity index (χ1) is 19.3. The molecule has 0 aliphatic carbocycles. The van der Waals surface area contributed by atoms with Crippen molar-refractivity contribution in [2.24, 2.45) is 11.7 Å². The summed E-state index contributed by atoms with van der Waals surface area (Å²) in [7, 11) is 0. The zero-order valence-electron chi connectivity index (χ0n) is 24.1. The monoisotopic (exact) mass is 561 g/mol. The highest BCUT2D eigenvalue weighted by Crippen LogP contribution is 2.28. The van der Waals surface area contributed by atoms with Crippen LogP contribution in [0.25, 0.3) is 0 Å². The van der Waals surface area contributed by atoms with Gasteiger partial charge in [-0.15, -0.1) is 0 Å². The number of esters is 1. The van der Waals surface area contributed by atoms with E-state index in [0.29, 0.717) is 19.4 Å². The van der Waals surface area contributed by atoms with Crippen LogP contribution in [-0.4, -0.2) is 33.4 Å². The van der Waals surface area contributed by atoms with Gasteiger partial charge in [0, 0.05) is 12.6 Å². The molecule has 10 heteroatoms. The Bertz CT molecular complexity index is 1610. The van der Waals surface area contributed by atoms with Gasteiger partial charge in [0.25, 0.3) is 5.56 Å². The number of piperidine rings is 1. The number of anilines is 1. The average Bonchev–Trinajstić information content (AvgIpc) is 2.87. The number of aromatic nitrogens is 2. The number of carbonyl (C=O) groups is 1. The lowest BCUT2D eigenvalue weighted by molar-refractivity contribution is -0.161. The van der Waals surface area contributed by atoms with Crippen molar-refractivity contribution in [3.63, 3.8) is 0 Å². The van der Waals surface area contributed by atoms with Crippen LogP contribution in [0.4, 0.5) is 10.2 Å². The summed E-state index contributed by atoms with van der Waals surface area (Å²) in [4.78, 5) is 42.1. The smallest absolute Gasteiger partial charge is 0.333 e. The number of ether oxygens (including phenoxy) is 1. The van der Waals surface area contributed by atoms with Gasteiger partial charge in [-0.05, 0) is 76.8 Å². The molecule has 41 heavy (non-hydrogen) atoms. The van der Waals surface area contributed by atoms with Crippen LogP contribution in [0.1, 0.15) is 61.4 Å². The molecule has 1 saturated heterocycles. The fourth-order valence-electron chi connectivity index (χ4n) is 5.37. The fourth-order valence-corrected chi connectivity index (χ4v) is 5.37. The predicted molar refractivity (Wildman–Crippen MR) is 154 cm³/mol. The van der Waals surface area contributed by atoms with Crippen molar-refractivity contribution in [3.05, 3.63) is 96.9 Å². The van der Waals surface area contributed by atoms with Gasteiger partial charge in [0.05, 0.1) is 36.8 Å². The van der Waals surface area contributed by atoms with Crippen LogP contribution in [-0.2, 0) is 22.6 Å². The molecule has 2 aromatic carbocycles. The molecule has 0 bridgehead atoms. The second kappa shape index (κ2) is 11.7. The van der Waals surface area contributed by atoms with E-state index in [-0.39, 0.29) is 30.0 Å². The van der Waals surface area contributed by atoms with Gasteiger partial charge in [-0.1, -0.05) is 29.3 Å². The van der Waals surface area contributed by atoms with Crippen LogP contribution >= 0.6 is 0 Å². The number of carbonyl (C=O) groups excluding carboxylic acids is 1. The minimum atomic E-state index is -0.873. The second-order valence-corrected chi connectivity index (χ2v) is 11.7. The second-order valence-electron chi connectivity index (χ2n) is 11.7. The maximum absolute atomic E-state index is 14.3. The quantitative estimate of drug-likeness (QED) is 0.457. The summed E-state index contributed by atoms with van der Waals surface area (Å²) in [5.41, 5.74) is 7.98. The standard InChI is InChI=1S/C31H36FN5O4/c1-19-11-20(2)13-21(12-19)17-37-27(38)15-26(35-10-6-7-25(28(35)34)29(39)41-31(3,4)5)36(30(37)40)18-23-14-24(32)9-8-22(23)16-33/h8-9,11-15,25,28H,6-7,10,17-18,34H2,1-5H3/t25-,28?/m1/s1. The maximum atomic E-state index is 14.3. The SMILES string of the molecule is Cc1cc(C)cc(Cn2c(=O)cc(N3CCC[C@@H](C(=O)OC(C)(C)C)C3N)n(Cc3cc(F)ccc3C#N)c2=O)c1. The number of nitrogens with two attached hydrogens (primary N) is 1. The van der Waals surface area contributed by atoms with Crippen LogP contribution in [0.2, 0.25) is 0 Å². The van der Waals surface area contributed by atoms with Gasteiger partial charge >= 0.3 is 11.7 Å². The van der Waals surface area contributed by atoms with Crippen LogP contribution in [0.15, 0.2) is 52.1 Å². The highest BCUT2D eigenvalue weighted by molar-refractivity contribution is 5.74. The number of hydrogen-bond donors (Lipinski definition) is 1. The summed E-state index contributed by atoms with van der Waals surface area (Å²) in [5, 5.41) is 9.65. The normalized spacial score (nSPS) is 17.3. The molecular weight excluding hydrogens is 525 g/mol. The van der Waals surface area contributed by atoms with E-state index in [1.165, 1.54) is 28.8 Å². The van der Waals surface area contributed by atoms with E-state index in [9.17, 15) is 24.0 Å². The zero-order chi connectivity index (χ0) is 30.1. The molecule has 1 aromatic heterocycles. The van der Waals surface area contributed by atoms with Crippen LogP contribution in [0, 0.1) is 36.9 Å². The molecule has 0 amide bonds. The first-order valence-electron chi connectivity index (χ1n) is 13.6. The average molecular weight is 562 g/mol. The molecule has 1 unspecified atom stereocenters. The minimum Gasteiger partial charge on any atom is -0.460 e. The fraction of sp³-hybridized carbons (Fsp3) is 0.419.